The molecular weight excluding hydrogens is 268 g/mol. The Morgan fingerprint density at radius 2 is 2.33 bits per heavy atom. The van der Waals surface area contributed by atoms with E-state index in [1.165, 1.54) is 0 Å². The molecule has 96 valence electrons. The second-order valence-corrected chi connectivity index (χ2v) is 4.91. The van der Waals surface area contributed by atoms with Crippen LogP contribution in [0.4, 0.5) is 5.69 Å². The summed E-state index contributed by atoms with van der Waals surface area (Å²) in [6.07, 6.45) is 2.45. The minimum atomic E-state index is -0.0255. The van der Waals surface area contributed by atoms with Crippen molar-refractivity contribution in [2.24, 2.45) is 5.73 Å². The molecule has 0 fully saturated rings. The molecule has 1 aromatic carbocycles. The lowest BCUT2D eigenvalue weighted by Crippen LogP contribution is -2.13. The molecule has 0 spiro atoms. The number of carbonyl (C=O) groups is 1. The summed E-state index contributed by atoms with van der Waals surface area (Å²) in [6.45, 7) is 0.270. The van der Waals surface area contributed by atoms with Gasteiger partial charge in [0.2, 0.25) is 5.91 Å². The van der Waals surface area contributed by atoms with Gasteiger partial charge in [-0.05, 0) is 24.5 Å². The highest BCUT2D eigenvalue weighted by atomic mass is 35.5. The number of anilines is 1. The fourth-order valence-corrected chi connectivity index (χ4v) is 1.84. The lowest BCUT2D eigenvalue weighted by Gasteiger charge is -2.07. The molecule has 1 rings (SSSR count). The second kappa shape index (κ2) is 8.04. The van der Waals surface area contributed by atoms with Gasteiger partial charge in [-0.15, -0.1) is 0 Å². The van der Waals surface area contributed by atoms with Crippen LogP contribution in [0.5, 0.6) is 0 Å². The van der Waals surface area contributed by atoms with E-state index < -0.39 is 0 Å². The number of carbonyl (C=O) groups excluding carboxylic acids is 1. The van der Waals surface area contributed by atoms with E-state index in [9.17, 15) is 4.79 Å². The van der Waals surface area contributed by atoms with Gasteiger partial charge in [0.1, 0.15) is 0 Å². The molecule has 0 saturated carbocycles. The van der Waals surface area contributed by atoms with E-state index in [4.69, 9.17) is 17.3 Å². The fourth-order valence-electron chi connectivity index (χ4n) is 1.28. The summed E-state index contributed by atoms with van der Waals surface area (Å²) in [4.78, 5) is 11.7. The molecule has 0 saturated heterocycles. The van der Waals surface area contributed by atoms with Gasteiger partial charge >= 0.3 is 0 Å². The lowest BCUT2D eigenvalue weighted by atomic mass is 10.1. The van der Waals surface area contributed by atoms with Gasteiger partial charge in [-0.3, -0.25) is 4.79 Å². The van der Waals surface area contributed by atoms with E-state index in [2.05, 4.69) is 17.2 Å². The van der Waals surface area contributed by atoms with Crippen LogP contribution < -0.4 is 11.1 Å². The van der Waals surface area contributed by atoms with Gasteiger partial charge in [-0.25, -0.2) is 0 Å². The van der Waals surface area contributed by atoms with Crippen molar-refractivity contribution < 1.29 is 4.79 Å². The molecule has 0 aromatic heterocycles. The highest BCUT2D eigenvalue weighted by molar-refractivity contribution is 7.98. The van der Waals surface area contributed by atoms with Crippen molar-refractivity contribution in [2.45, 2.75) is 6.42 Å². The molecule has 1 amide bonds. The fraction of sp³-hybridized carbons (Fsp3) is 0.308. The largest absolute Gasteiger partial charge is 0.325 e. The molecular formula is C13H15ClN2OS. The van der Waals surface area contributed by atoms with E-state index in [1.54, 1.807) is 30.0 Å². The summed E-state index contributed by atoms with van der Waals surface area (Å²) in [5, 5.41) is 3.41. The first-order chi connectivity index (χ1) is 8.67. The summed E-state index contributed by atoms with van der Waals surface area (Å²) < 4.78 is 0. The molecule has 0 unspecified atom stereocenters. The van der Waals surface area contributed by atoms with Gasteiger partial charge in [0.05, 0.1) is 12.2 Å². The maximum atomic E-state index is 11.7. The maximum Gasteiger partial charge on any atom is 0.225 e. The number of nitrogens with two attached hydrogens (primary N) is 1. The van der Waals surface area contributed by atoms with E-state index in [1.807, 2.05) is 6.26 Å². The van der Waals surface area contributed by atoms with Crippen LogP contribution in [0.2, 0.25) is 5.02 Å². The number of benzene rings is 1. The van der Waals surface area contributed by atoms with E-state index >= 15 is 0 Å². The Kier molecular flexibility index (Phi) is 6.66. The molecule has 18 heavy (non-hydrogen) atoms. The summed E-state index contributed by atoms with van der Waals surface area (Å²) in [5.74, 6) is 6.42. The first-order valence-corrected chi connectivity index (χ1v) is 7.22. The molecule has 3 N–H and O–H groups in total. The predicted octanol–water partition coefficient (Wildman–Crippen LogP) is 2.34. The van der Waals surface area contributed by atoms with Crippen molar-refractivity contribution in [1.29, 1.82) is 0 Å². The standard InChI is InChI=1S/C13H15ClN2OS/c1-18-8-6-13(17)16-12-5-4-11(14)9-10(12)3-2-7-15/h4-5,9H,6-8,15H2,1H3,(H,16,17). The number of thioether (sulfide) groups is 1. The van der Waals surface area contributed by atoms with Crippen molar-refractivity contribution in [3.63, 3.8) is 0 Å². The minimum absolute atomic E-state index is 0.0255. The van der Waals surface area contributed by atoms with Crippen LogP contribution in [-0.2, 0) is 4.79 Å². The van der Waals surface area contributed by atoms with Crippen LogP contribution in [0.25, 0.3) is 0 Å². The zero-order chi connectivity index (χ0) is 13.4. The van der Waals surface area contributed by atoms with Crippen molar-refractivity contribution in [3.8, 4) is 11.8 Å². The summed E-state index contributed by atoms with van der Waals surface area (Å²) in [7, 11) is 0. The summed E-state index contributed by atoms with van der Waals surface area (Å²) in [5.41, 5.74) is 6.69. The zero-order valence-corrected chi connectivity index (χ0v) is 11.7. The smallest absolute Gasteiger partial charge is 0.225 e. The molecule has 0 radical (unpaired) electrons. The van der Waals surface area contributed by atoms with Crippen LogP contribution in [0.3, 0.4) is 0 Å². The van der Waals surface area contributed by atoms with Gasteiger partial charge in [-0.1, -0.05) is 23.4 Å². The van der Waals surface area contributed by atoms with Crippen molar-refractivity contribution in [2.75, 3.05) is 23.9 Å². The molecule has 0 heterocycles. The monoisotopic (exact) mass is 282 g/mol. The highest BCUT2D eigenvalue weighted by Gasteiger charge is 2.06. The molecule has 0 atom stereocenters. The lowest BCUT2D eigenvalue weighted by molar-refractivity contribution is -0.115. The summed E-state index contributed by atoms with van der Waals surface area (Å²) in [6, 6.07) is 5.19. The van der Waals surface area contributed by atoms with Crippen LogP contribution in [0.15, 0.2) is 18.2 Å². The Morgan fingerprint density at radius 3 is 3.00 bits per heavy atom. The molecule has 3 nitrogen and oxygen atoms in total. The number of halogens is 1. The number of hydrogen-bond donors (Lipinski definition) is 2. The van der Waals surface area contributed by atoms with Gasteiger partial charge in [0, 0.05) is 22.8 Å². The van der Waals surface area contributed by atoms with Crippen molar-refractivity contribution >= 4 is 35.0 Å². The third-order valence-electron chi connectivity index (χ3n) is 2.11. The zero-order valence-electron chi connectivity index (χ0n) is 10.1. The number of nitrogens with one attached hydrogen (secondary N) is 1. The summed E-state index contributed by atoms with van der Waals surface area (Å²) >= 11 is 7.54. The van der Waals surface area contributed by atoms with Gasteiger partial charge < -0.3 is 11.1 Å². The Morgan fingerprint density at radius 1 is 1.56 bits per heavy atom. The number of rotatable bonds is 4. The van der Waals surface area contributed by atoms with E-state index in [0.717, 1.165) is 5.75 Å². The Balaban J connectivity index is 2.84. The molecule has 0 aliphatic rings. The molecule has 1 aromatic rings. The molecule has 0 bridgehead atoms. The number of amides is 1. The Labute approximate surface area is 116 Å². The number of hydrogen-bond acceptors (Lipinski definition) is 3. The first-order valence-electron chi connectivity index (χ1n) is 5.44. The van der Waals surface area contributed by atoms with Gasteiger partial charge in [0.15, 0.2) is 0 Å². The van der Waals surface area contributed by atoms with Crippen LogP contribution in [0.1, 0.15) is 12.0 Å². The topological polar surface area (TPSA) is 55.1 Å². The van der Waals surface area contributed by atoms with Crippen LogP contribution in [-0.4, -0.2) is 24.5 Å². The minimum Gasteiger partial charge on any atom is -0.325 e. The van der Waals surface area contributed by atoms with E-state index in [-0.39, 0.29) is 12.5 Å². The second-order valence-electron chi connectivity index (χ2n) is 3.49. The van der Waals surface area contributed by atoms with Crippen molar-refractivity contribution in [1.82, 2.24) is 0 Å². The molecule has 0 aliphatic carbocycles. The molecule has 0 aliphatic heterocycles. The molecule has 5 heteroatoms. The third kappa shape index (κ3) is 5.01. The van der Waals surface area contributed by atoms with Crippen LogP contribution >= 0.6 is 23.4 Å². The van der Waals surface area contributed by atoms with Gasteiger partial charge in [0.25, 0.3) is 0 Å². The van der Waals surface area contributed by atoms with Crippen LogP contribution in [0, 0.1) is 11.8 Å². The van der Waals surface area contributed by atoms with Gasteiger partial charge in [-0.2, -0.15) is 11.8 Å². The normalized spacial score (nSPS) is 9.50. The maximum absolute atomic E-state index is 11.7. The van der Waals surface area contributed by atoms with Crippen molar-refractivity contribution in [3.05, 3.63) is 28.8 Å². The SMILES string of the molecule is CSCCC(=O)Nc1ccc(Cl)cc1C#CCN. The third-order valence-corrected chi connectivity index (χ3v) is 2.96. The van der Waals surface area contributed by atoms with E-state index in [0.29, 0.717) is 22.7 Å². The quantitative estimate of drug-likeness (QED) is 0.834. The Hall–Kier alpha value is -1.15. The Bertz CT molecular complexity index is 480. The highest BCUT2D eigenvalue weighted by Crippen LogP contribution is 2.20. The predicted molar refractivity (Wildman–Crippen MR) is 79.0 cm³/mol. The average molecular weight is 283 g/mol. The average Bonchev–Trinajstić information content (AvgIpc) is 2.36. The first kappa shape index (κ1) is 14.9.